The number of nitrogens with zero attached hydrogens (tertiary/aromatic N) is 4. The van der Waals surface area contributed by atoms with Crippen LogP contribution in [0, 0.1) is 0 Å². The average Bonchev–Trinajstić information content (AvgIpc) is 2.97. The Balaban J connectivity index is 2.12. The average molecular weight is 256 g/mol. The monoisotopic (exact) mass is 256 g/mol. The van der Waals surface area contributed by atoms with Crippen molar-refractivity contribution in [3.63, 3.8) is 0 Å². The molecule has 92 valence electrons. The fourth-order valence-corrected chi connectivity index (χ4v) is 2.79. The maximum absolute atomic E-state index is 12.1. The molecular formula is C9H12N4O3S. The van der Waals surface area contributed by atoms with E-state index in [1.807, 2.05) is 0 Å². The van der Waals surface area contributed by atoms with Crippen molar-refractivity contribution in [3.8, 4) is 0 Å². The van der Waals surface area contributed by atoms with E-state index in [9.17, 15) is 9.59 Å². The molecule has 1 aliphatic heterocycles. The molecule has 1 aromatic rings. The maximum atomic E-state index is 12.1. The fraction of sp³-hybridized carbons (Fsp3) is 0.556. The van der Waals surface area contributed by atoms with Crippen LogP contribution in [0.15, 0.2) is 12.7 Å². The van der Waals surface area contributed by atoms with Crippen LogP contribution in [0.3, 0.4) is 0 Å². The normalized spacial score (nSPS) is 21.5. The molecule has 2 heterocycles. The molecule has 17 heavy (non-hydrogen) atoms. The van der Waals surface area contributed by atoms with Crippen LogP contribution in [0.1, 0.15) is 13.0 Å². The van der Waals surface area contributed by atoms with E-state index in [-0.39, 0.29) is 5.91 Å². The van der Waals surface area contributed by atoms with Gasteiger partial charge in [0.25, 0.3) is 0 Å². The summed E-state index contributed by atoms with van der Waals surface area (Å²) in [6.07, 6.45) is 2.79. The van der Waals surface area contributed by atoms with E-state index in [4.69, 9.17) is 5.11 Å². The van der Waals surface area contributed by atoms with Gasteiger partial charge in [-0.05, 0) is 6.92 Å². The molecule has 0 radical (unpaired) electrons. The van der Waals surface area contributed by atoms with E-state index in [1.165, 1.54) is 34.0 Å². The van der Waals surface area contributed by atoms with Gasteiger partial charge in [0.1, 0.15) is 24.7 Å². The van der Waals surface area contributed by atoms with Crippen molar-refractivity contribution >= 4 is 23.6 Å². The lowest BCUT2D eigenvalue weighted by atomic mass is 10.2. The molecule has 2 atom stereocenters. The fourth-order valence-electron chi connectivity index (χ4n) is 1.63. The summed E-state index contributed by atoms with van der Waals surface area (Å²) in [6, 6.07) is -1.27. The van der Waals surface area contributed by atoms with E-state index >= 15 is 0 Å². The summed E-state index contributed by atoms with van der Waals surface area (Å²) in [5.74, 6) is -0.359. The van der Waals surface area contributed by atoms with Gasteiger partial charge >= 0.3 is 5.97 Å². The number of carboxylic acids is 1. The summed E-state index contributed by atoms with van der Waals surface area (Å²) >= 11 is 1.44. The van der Waals surface area contributed by atoms with Crippen molar-refractivity contribution in [1.29, 1.82) is 0 Å². The van der Waals surface area contributed by atoms with Crippen molar-refractivity contribution in [2.75, 3.05) is 11.6 Å². The first kappa shape index (κ1) is 11.9. The molecule has 1 amide bonds. The first-order chi connectivity index (χ1) is 8.11. The smallest absolute Gasteiger partial charge is 0.327 e. The van der Waals surface area contributed by atoms with Gasteiger partial charge in [0.2, 0.25) is 5.91 Å². The van der Waals surface area contributed by atoms with E-state index in [0.717, 1.165) is 0 Å². The number of aromatic nitrogens is 3. The Morgan fingerprint density at radius 3 is 2.94 bits per heavy atom. The summed E-state index contributed by atoms with van der Waals surface area (Å²) in [6.45, 7) is 1.68. The number of amides is 1. The summed E-state index contributed by atoms with van der Waals surface area (Å²) in [7, 11) is 0. The zero-order chi connectivity index (χ0) is 12.4. The molecule has 7 nitrogen and oxygen atoms in total. The van der Waals surface area contributed by atoms with Crippen molar-refractivity contribution < 1.29 is 14.7 Å². The Labute approximate surface area is 102 Å². The molecule has 1 aliphatic rings. The summed E-state index contributed by atoms with van der Waals surface area (Å²) in [5.41, 5.74) is 0. The number of hydrogen-bond acceptors (Lipinski definition) is 5. The second-order valence-electron chi connectivity index (χ2n) is 3.71. The van der Waals surface area contributed by atoms with Crippen LogP contribution in [-0.4, -0.2) is 54.3 Å². The van der Waals surface area contributed by atoms with Gasteiger partial charge in [0.15, 0.2) is 0 Å². The third-order valence-corrected chi connectivity index (χ3v) is 3.65. The second-order valence-corrected chi connectivity index (χ2v) is 4.71. The minimum absolute atomic E-state index is 0.243. The molecular weight excluding hydrogens is 244 g/mol. The summed E-state index contributed by atoms with van der Waals surface area (Å²) < 4.78 is 1.42. The van der Waals surface area contributed by atoms with Gasteiger partial charge < -0.3 is 10.0 Å². The van der Waals surface area contributed by atoms with Crippen LogP contribution in [0.25, 0.3) is 0 Å². The first-order valence-corrected chi connectivity index (χ1v) is 6.22. The van der Waals surface area contributed by atoms with Crippen LogP contribution in [0.5, 0.6) is 0 Å². The van der Waals surface area contributed by atoms with Gasteiger partial charge in [-0.25, -0.2) is 14.5 Å². The molecule has 1 N–H and O–H groups in total. The van der Waals surface area contributed by atoms with Gasteiger partial charge in [0, 0.05) is 5.75 Å². The highest BCUT2D eigenvalue weighted by molar-refractivity contribution is 7.99. The Bertz CT molecular complexity index is 422. The Morgan fingerprint density at radius 1 is 1.59 bits per heavy atom. The number of hydrogen-bond donors (Lipinski definition) is 1. The van der Waals surface area contributed by atoms with E-state index < -0.39 is 18.1 Å². The van der Waals surface area contributed by atoms with Gasteiger partial charge in [-0.3, -0.25) is 4.79 Å². The van der Waals surface area contributed by atoms with Crippen molar-refractivity contribution in [3.05, 3.63) is 12.7 Å². The number of rotatable bonds is 3. The maximum Gasteiger partial charge on any atom is 0.327 e. The first-order valence-electron chi connectivity index (χ1n) is 5.06. The van der Waals surface area contributed by atoms with Crippen LogP contribution < -0.4 is 0 Å². The molecule has 2 rings (SSSR count). The Hall–Kier alpha value is -1.57. The predicted octanol–water partition coefficient (Wildman–Crippen LogP) is -0.175. The van der Waals surface area contributed by atoms with Crippen LogP contribution >= 0.6 is 11.8 Å². The summed E-state index contributed by atoms with van der Waals surface area (Å²) in [4.78, 5) is 28.2. The molecule has 0 aromatic carbocycles. The Kier molecular flexibility index (Phi) is 3.32. The zero-order valence-corrected chi connectivity index (χ0v) is 10.0. The van der Waals surface area contributed by atoms with Gasteiger partial charge in [0.05, 0.1) is 5.88 Å². The van der Waals surface area contributed by atoms with Crippen LogP contribution in [0.4, 0.5) is 0 Å². The topological polar surface area (TPSA) is 88.3 Å². The van der Waals surface area contributed by atoms with E-state index in [0.29, 0.717) is 11.6 Å². The number of carbonyl (C=O) groups excluding carboxylic acids is 1. The molecule has 0 aliphatic carbocycles. The molecule has 1 saturated heterocycles. The van der Waals surface area contributed by atoms with Gasteiger partial charge in [-0.15, -0.1) is 11.8 Å². The highest BCUT2D eigenvalue weighted by Crippen LogP contribution is 2.24. The predicted molar refractivity (Wildman–Crippen MR) is 60.3 cm³/mol. The van der Waals surface area contributed by atoms with Crippen LogP contribution in [0.2, 0.25) is 0 Å². The van der Waals surface area contributed by atoms with Gasteiger partial charge in [-0.2, -0.15) is 5.10 Å². The number of carbonyl (C=O) groups is 2. The Morgan fingerprint density at radius 2 is 2.35 bits per heavy atom. The zero-order valence-electron chi connectivity index (χ0n) is 9.18. The van der Waals surface area contributed by atoms with Crippen molar-refractivity contribution in [1.82, 2.24) is 19.7 Å². The largest absolute Gasteiger partial charge is 0.480 e. The molecule has 8 heteroatoms. The minimum Gasteiger partial charge on any atom is -0.480 e. The van der Waals surface area contributed by atoms with Crippen LogP contribution in [-0.2, 0) is 9.59 Å². The second kappa shape index (κ2) is 4.74. The lowest BCUT2D eigenvalue weighted by molar-refractivity contribution is -0.149. The number of aliphatic carboxylic acids is 1. The van der Waals surface area contributed by atoms with Crippen molar-refractivity contribution in [2.45, 2.75) is 19.0 Å². The number of thioether (sulfide) groups is 1. The lowest BCUT2D eigenvalue weighted by Gasteiger charge is -2.23. The standard InChI is InChI=1S/C9H12N4O3S/c1-6(13-4-10-3-11-13)8(14)12-5-17-2-7(12)9(15)16/h3-4,6-7H,2,5H2,1H3,(H,15,16)/t6?,7-/m0/s1. The third-order valence-electron chi connectivity index (χ3n) is 2.64. The van der Waals surface area contributed by atoms with Gasteiger partial charge in [-0.1, -0.05) is 0 Å². The highest BCUT2D eigenvalue weighted by atomic mass is 32.2. The SMILES string of the molecule is CC(C(=O)N1CSC[C@H]1C(=O)O)n1cncn1. The summed E-state index contributed by atoms with van der Waals surface area (Å²) in [5, 5.41) is 12.9. The lowest BCUT2D eigenvalue weighted by Crippen LogP contribution is -2.44. The number of carboxylic acid groups (broad SMARTS) is 1. The molecule has 0 spiro atoms. The molecule has 0 saturated carbocycles. The minimum atomic E-state index is -0.964. The van der Waals surface area contributed by atoms with E-state index in [1.54, 1.807) is 6.92 Å². The molecule has 1 fully saturated rings. The third kappa shape index (κ3) is 2.26. The highest BCUT2D eigenvalue weighted by Gasteiger charge is 2.36. The van der Waals surface area contributed by atoms with Crippen molar-refractivity contribution in [2.24, 2.45) is 0 Å². The quantitative estimate of drug-likeness (QED) is 0.807. The molecule has 1 aromatic heterocycles. The molecule has 1 unspecified atom stereocenters. The molecule has 0 bridgehead atoms. The van der Waals surface area contributed by atoms with E-state index in [2.05, 4.69) is 10.1 Å².